The van der Waals surface area contributed by atoms with Crippen LogP contribution in [0.2, 0.25) is 0 Å². The van der Waals surface area contributed by atoms with Crippen molar-refractivity contribution in [2.45, 2.75) is 26.3 Å². The second kappa shape index (κ2) is 6.14. The molecule has 2 aromatic carbocycles. The predicted octanol–water partition coefficient (Wildman–Crippen LogP) is 4.08. The first-order valence-electron chi connectivity index (χ1n) is 6.69. The van der Waals surface area contributed by atoms with E-state index in [2.05, 4.69) is 11.4 Å². The van der Waals surface area contributed by atoms with Gasteiger partial charge in [0.05, 0.1) is 0 Å². The van der Waals surface area contributed by atoms with Crippen LogP contribution in [0.3, 0.4) is 0 Å². The molecule has 0 aliphatic rings. The molecule has 0 radical (unpaired) electrons. The SMILES string of the molecule is CNC(Cc1cc(F)ccc1F)c1ccc(C)cc1C. The molecule has 0 aliphatic carbocycles. The fraction of sp³-hybridized carbons (Fsp3) is 0.294. The van der Waals surface area contributed by atoms with Crippen molar-refractivity contribution in [3.63, 3.8) is 0 Å². The monoisotopic (exact) mass is 275 g/mol. The average Bonchev–Trinajstić information content (AvgIpc) is 2.40. The van der Waals surface area contributed by atoms with E-state index in [9.17, 15) is 8.78 Å². The van der Waals surface area contributed by atoms with E-state index in [1.165, 1.54) is 17.7 Å². The normalized spacial score (nSPS) is 12.4. The van der Waals surface area contributed by atoms with Gasteiger partial charge < -0.3 is 5.32 Å². The number of rotatable bonds is 4. The van der Waals surface area contributed by atoms with Crippen LogP contribution in [-0.2, 0) is 6.42 Å². The minimum Gasteiger partial charge on any atom is -0.313 e. The van der Waals surface area contributed by atoms with Gasteiger partial charge in [-0.25, -0.2) is 8.78 Å². The molecule has 0 fully saturated rings. The topological polar surface area (TPSA) is 12.0 Å². The van der Waals surface area contributed by atoms with Crippen molar-refractivity contribution in [2.24, 2.45) is 0 Å². The molecule has 0 amide bonds. The second-order valence-electron chi connectivity index (χ2n) is 5.14. The fourth-order valence-corrected chi connectivity index (χ4v) is 2.50. The fourth-order valence-electron chi connectivity index (χ4n) is 2.50. The van der Waals surface area contributed by atoms with Crippen molar-refractivity contribution in [1.29, 1.82) is 0 Å². The van der Waals surface area contributed by atoms with Gasteiger partial charge in [-0.15, -0.1) is 0 Å². The lowest BCUT2D eigenvalue weighted by Crippen LogP contribution is -2.20. The van der Waals surface area contributed by atoms with Crippen LogP contribution in [0.15, 0.2) is 36.4 Å². The lowest BCUT2D eigenvalue weighted by molar-refractivity contribution is 0.542. The summed E-state index contributed by atoms with van der Waals surface area (Å²) in [5.41, 5.74) is 3.85. The zero-order chi connectivity index (χ0) is 14.7. The molecule has 2 rings (SSSR count). The van der Waals surface area contributed by atoms with Crippen molar-refractivity contribution < 1.29 is 8.78 Å². The van der Waals surface area contributed by atoms with Crippen LogP contribution < -0.4 is 5.32 Å². The first-order valence-corrected chi connectivity index (χ1v) is 6.69. The molecule has 0 bridgehead atoms. The van der Waals surface area contributed by atoms with Gasteiger partial charge in [-0.2, -0.15) is 0 Å². The highest BCUT2D eigenvalue weighted by Gasteiger charge is 2.15. The molecular formula is C17H19F2N. The maximum Gasteiger partial charge on any atom is 0.126 e. The Morgan fingerprint density at radius 1 is 1.05 bits per heavy atom. The summed E-state index contributed by atoms with van der Waals surface area (Å²) in [6, 6.07) is 9.73. The van der Waals surface area contributed by atoms with E-state index in [0.29, 0.717) is 12.0 Å². The zero-order valence-corrected chi connectivity index (χ0v) is 12.0. The summed E-state index contributed by atoms with van der Waals surface area (Å²) in [7, 11) is 1.83. The summed E-state index contributed by atoms with van der Waals surface area (Å²) in [5, 5.41) is 3.18. The molecule has 0 heterocycles. The van der Waals surface area contributed by atoms with Gasteiger partial charge in [0.15, 0.2) is 0 Å². The molecule has 20 heavy (non-hydrogen) atoms. The van der Waals surface area contributed by atoms with E-state index < -0.39 is 5.82 Å². The van der Waals surface area contributed by atoms with Gasteiger partial charge >= 0.3 is 0 Å². The smallest absolute Gasteiger partial charge is 0.126 e. The predicted molar refractivity (Wildman–Crippen MR) is 77.8 cm³/mol. The highest BCUT2D eigenvalue weighted by Crippen LogP contribution is 2.24. The zero-order valence-electron chi connectivity index (χ0n) is 12.0. The molecule has 0 saturated heterocycles. The second-order valence-corrected chi connectivity index (χ2v) is 5.14. The van der Waals surface area contributed by atoms with Crippen molar-refractivity contribution in [2.75, 3.05) is 7.05 Å². The van der Waals surface area contributed by atoms with Crippen molar-refractivity contribution in [1.82, 2.24) is 5.32 Å². The molecule has 0 aliphatic heterocycles. The summed E-state index contributed by atoms with van der Waals surface area (Å²) >= 11 is 0. The largest absolute Gasteiger partial charge is 0.313 e. The molecule has 0 spiro atoms. The Morgan fingerprint density at radius 2 is 1.80 bits per heavy atom. The van der Waals surface area contributed by atoms with E-state index >= 15 is 0 Å². The molecule has 1 atom stereocenters. The lowest BCUT2D eigenvalue weighted by atomic mass is 9.94. The van der Waals surface area contributed by atoms with E-state index in [1.54, 1.807) is 0 Å². The van der Waals surface area contributed by atoms with Gasteiger partial charge in [0.2, 0.25) is 0 Å². The Labute approximate surface area is 118 Å². The average molecular weight is 275 g/mol. The molecule has 1 nitrogen and oxygen atoms in total. The molecule has 106 valence electrons. The van der Waals surface area contributed by atoms with E-state index in [-0.39, 0.29) is 11.9 Å². The third kappa shape index (κ3) is 3.23. The van der Waals surface area contributed by atoms with Crippen LogP contribution in [0, 0.1) is 25.5 Å². The van der Waals surface area contributed by atoms with Gasteiger partial charge in [-0.1, -0.05) is 23.8 Å². The van der Waals surface area contributed by atoms with Gasteiger partial charge in [0.1, 0.15) is 11.6 Å². The molecule has 1 unspecified atom stereocenters. The highest BCUT2D eigenvalue weighted by molar-refractivity contribution is 5.34. The Kier molecular flexibility index (Phi) is 4.50. The van der Waals surface area contributed by atoms with E-state index in [1.807, 2.05) is 33.0 Å². The summed E-state index contributed by atoms with van der Waals surface area (Å²) < 4.78 is 27.0. The van der Waals surface area contributed by atoms with Crippen molar-refractivity contribution in [3.05, 3.63) is 70.3 Å². The molecular weight excluding hydrogens is 256 g/mol. The lowest BCUT2D eigenvalue weighted by Gasteiger charge is -2.20. The third-order valence-electron chi connectivity index (χ3n) is 3.58. The van der Waals surface area contributed by atoms with Crippen LogP contribution in [0.4, 0.5) is 8.78 Å². The van der Waals surface area contributed by atoms with Gasteiger partial charge in [0.25, 0.3) is 0 Å². The van der Waals surface area contributed by atoms with Crippen LogP contribution in [0.1, 0.15) is 28.3 Å². The van der Waals surface area contributed by atoms with E-state index in [4.69, 9.17) is 0 Å². The number of hydrogen-bond acceptors (Lipinski definition) is 1. The quantitative estimate of drug-likeness (QED) is 0.886. The minimum atomic E-state index is -0.406. The van der Waals surface area contributed by atoms with Crippen molar-refractivity contribution >= 4 is 0 Å². The molecule has 2 aromatic rings. The molecule has 0 saturated carbocycles. The molecule has 0 aromatic heterocycles. The molecule has 1 N–H and O–H groups in total. The van der Waals surface area contributed by atoms with Gasteiger partial charge in [-0.05, 0) is 62.2 Å². The van der Waals surface area contributed by atoms with Gasteiger partial charge in [0, 0.05) is 6.04 Å². The number of aryl methyl sites for hydroxylation is 2. The van der Waals surface area contributed by atoms with Crippen LogP contribution in [0.25, 0.3) is 0 Å². The Morgan fingerprint density at radius 3 is 2.45 bits per heavy atom. The first kappa shape index (κ1) is 14.7. The Hall–Kier alpha value is -1.74. The Bertz CT molecular complexity index is 608. The maximum atomic E-state index is 13.8. The number of benzene rings is 2. The Balaban J connectivity index is 2.31. The van der Waals surface area contributed by atoms with Crippen LogP contribution >= 0.6 is 0 Å². The summed E-state index contributed by atoms with van der Waals surface area (Å²) in [6.45, 7) is 4.08. The molecule has 3 heteroatoms. The number of hydrogen-bond donors (Lipinski definition) is 1. The maximum absolute atomic E-state index is 13.8. The van der Waals surface area contributed by atoms with E-state index in [0.717, 1.165) is 17.2 Å². The van der Waals surface area contributed by atoms with Gasteiger partial charge in [-0.3, -0.25) is 0 Å². The summed E-state index contributed by atoms with van der Waals surface area (Å²) in [5.74, 6) is -0.770. The highest BCUT2D eigenvalue weighted by atomic mass is 19.1. The standard InChI is InChI=1S/C17H19F2N/c1-11-4-6-15(12(2)8-11)17(20-3)10-13-9-14(18)5-7-16(13)19/h4-9,17,20H,10H2,1-3H3. The van der Waals surface area contributed by atoms with Crippen molar-refractivity contribution in [3.8, 4) is 0 Å². The van der Waals surface area contributed by atoms with Crippen LogP contribution in [0.5, 0.6) is 0 Å². The summed E-state index contributed by atoms with van der Waals surface area (Å²) in [6.07, 6.45) is 0.421. The number of likely N-dealkylation sites (N-methyl/N-ethyl adjacent to an activating group) is 1. The van der Waals surface area contributed by atoms with Crippen LogP contribution in [-0.4, -0.2) is 7.05 Å². The minimum absolute atomic E-state index is 0.0353. The number of halogens is 2. The summed E-state index contributed by atoms with van der Waals surface area (Å²) in [4.78, 5) is 0. The first-order chi connectivity index (χ1) is 9.51. The number of nitrogens with one attached hydrogen (secondary N) is 1. The third-order valence-corrected chi connectivity index (χ3v) is 3.58.